The van der Waals surface area contributed by atoms with E-state index in [4.69, 9.17) is 12.3 Å². The van der Waals surface area contributed by atoms with Crippen molar-refractivity contribution < 1.29 is 12.3 Å². The summed E-state index contributed by atoms with van der Waals surface area (Å²) in [6.45, 7) is 0. The van der Waals surface area contributed by atoms with Crippen LogP contribution in [0.25, 0.3) is 32.9 Å². The molecule has 0 aliphatic heterocycles. The van der Waals surface area contributed by atoms with Crippen molar-refractivity contribution in [2.75, 3.05) is 0 Å². The molecule has 0 saturated heterocycles. The Kier molecular flexibility index (Phi) is 1.02. The molecule has 0 fully saturated rings. The van der Waals surface area contributed by atoms with E-state index in [-0.39, 0.29) is 63.8 Å². The number of rotatable bonds is 1. The third-order valence-electron chi connectivity index (χ3n) is 3.00. The number of nitrogens with one attached hydrogen (secondary N) is 1. The zero-order valence-electron chi connectivity index (χ0n) is 18.7. The Labute approximate surface area is 124 Å². The fourth-order valence-electron chi connectivity index (χ4n) is 2.21. The van der Waals surface area contributed by atoms with E-state index in [2.05, 4.69) is 4.98 Å². The molecule has 0 radical (unpaired) electrons. The molecule has 0 atom stereocenters. The van der Waals surface area contributed by atoms with E-state index >= 15 is 0 Å². The van der Waals surface area contributed by atoms with Crippen molar-refractivity contribution in [2.45, 2.75) is 0 Å². The summed E-state index contributed by atoms with van der Waals surface area (Å²) < 4.78 is 72.6. The first kappa shape index (κ1) is 4.86. The molecule has 1 aromatic heterocycles. The highest BCUT2D eigenvalue weighted by Gasteiger charge is 2.08. The molecule has 0 saturated carbocycles. The Morgan fingerprint density at radius 1 is 0.789 bits per heavy atom. The molecule has 4 rings (SSSR count). The number of H-pyrrole nitrogens is 1. The lowest BCUT2D eigenvalue weighted by Crippen LogP contribution is -1.78. The van der Waals surface area contributed by atoms with Crippen LogP contribution in [0, 0.1) is 0 Å². The summed E-state index contributed by atoms with van der Waals surface area (Å²) in [5.74, 6) is 0. The first-order valence-electron chi connectivity index (χ1n) is 10.2. The number of aromatic nitrogens is 1. The second-order valence-electron chi connectivity index (χ2n) is 4.07. The van der Waals surface area contributed by atoms with Crippen LogP contribution < -0.4 is 0 Å². The summed E-state index contributed by atoms with van der Waals surface area (Å²) in [7, 11) is 0. The van der Waals surface area contributed by atoms with Gasteiger partial charge in [0, 0.05) is 21.8 Å². The molecule has 1 heteroatoms. The normalized spacial score (nSPS) is 17.8. The fourth-order valence-corrected chi connectivity index (χ4v) is 2.21. The monoisotopic (exact) mass is 252 g/mol. The quantitative estimate of drug-likeness (QED) is 0.491. The van der Waals surface area contributed by atoms with Crippen LogP contribution in [-0.2, 0) is 0 Å². The number of fused-ring (bicyclic) bond motifs is 3. The highest BCUT2D eigenvalue weighted by molar-refractivity contribution is 6.14. The first-order chi connectivity index (χ1) is 13.1. The topological polar surface area (TPSA) is 15.8 Å². The molecule has 90 valence electrons. The highest BCUT2D eigenvalue weighted by atomic mass is 14.7. The van der Waals surface area contributed by atoms with Crippen molar-refractivity contribution in [3.05, 3.63) is 72.6 Å². The summed E-state index contributed by atoms with van der Waals surface area (Å²) in [6, 6.07) is 1.64. The van der Waals surface area contributed by atoms with Crippen LogP contribution >= 0.6 is 0 Å². The molecule has 1 N–H and O–H groups in total. The smallest absolute Gasteiger partial charge is 0.0645 e. The Hall–Kier alpha value is -2.54. The molecule has 3 aromatic carbocycles. The minimum absolute atomic E-state index is 0.0152. The standard InChI is InChI=1S/C18H13N/c1-2-7-13(8-3-1)14-10-6-12-17-18(14)15-9-4-5-11-16(15)19-17/h1-12,19H/i1D,2D,3D,4D,7D,8D,9D,11D,12D. The molecular weight excluding hydrogens is 230 g/mol. The maximum Gasteiger partial charge on any atom is 0.0645 e. The van der Waals surface area contributed by atoms with Gasteiger partial charge in [0.15, 0.2) is 0 Å². The zero-order chi connectivity index (χ0) is 20.5. The van der Waals surface area contributed by atoms with Crippen molar-refractivity contribution >= 4 is 21.8 Å². The van der Waals surface area contributed by atoms with Gasteiger partial charge in [-0.25, -0.2) is 0 Å². The van der Waals surface area contributed by atoms with Crippen molar-refractivity contribution in [3.8, 4) is 11.1 Å². The van der Waals surface area contributed by atoms with E-state index in [1.165, 1.54) is 18.2 Å². The summed E-state index contributed by atoms with van der Waals surface area (Å²) in [4.78, 5) is 2.94. The van der Waals surface area contributed by atoms with Crippen LogP contribution in [0.15, 0.2) is 72.6 Å². The molecule has 1 heterocycles. The minimum Gasteiger partial charge on any atom is -0.354 e. The van der Waals surface area contributed by atoms with Gasteiger partial charge in [0.25, 0.3) is 0 Å². The molecule has 0 aliphatic carbocycles. The third-order valence-corrected chi connectivity index (χ3v) is 3.00. The van der Waals surface area contributed by atoms with Crippen molar-refractivity contribution in [1.82, 2.24) is 4.98 Å². The van der Waals surface area contributed by atoms with E-state index < -0.39 is 18.1 Å². The van der Waals surface area contributed by atoms with Crippen molar-refractivity contribution in [2.24, 2.45) is 0 Å². The Morgan fingerprint density at radius 2 is 1.63 bits per heavy atom. The fraction of sp³-hybridized carbons (Fsp3) is 0. The van der Waals surface area contributed by atoms with Gasteiger partial charge in [0.1, 0.15) is 0 Å². The summed E-state index contributed by atoms with van der Waals surface area (Å²) in [6.07, 6.45) is 0. The van der Waals surface area contributed by atoms with Crippen LogP contribution in [-0.4, -0.2) is 4.98 Å². The molecular formula is C18H13N. The number of hydrogen-bond acceptors (Lipinski definition) is 0. The zero-order valence-corrected chi connectivity index (χ0v) is 9.73. The van der Waals surface area contributed by atoms with E-state index in [0.717, 1.165) is 0 Å². The van der Waals surface area contributed by atoms with Gasteiger partial charge in [0.2, 0.25) is 0 Å². The van der Waals surface area contributed by atoms with Crippen LogP contribution in [0.1, 0.15) is 12.3 Å². The van der Waals surface area contributed by atoms with Gasteiger partial charge in [-0.2, -0.15) is 0 Å². The predicted octanol–water partition coefficient (Wildman–Crippen LogP) is 4.99. The third kappa shape index (κ3) is 1.55. The average Bonchev–Trinajstić information content (AvgIpc) is 3.07. The first-order valence-corrected chi connectivity index (χ1v) is 5.74. The van der Waals surface area contributed by atoms with Gasteiger partial charge in [-0.05, 0) is 23.2 Å². The summed E-state index contributed by atoms with van der Waals surface area (Å²) >= 11 is 0. The van der Waals surface area contributed by atoms with Crippen LogP contribution in [0.4, 0.5) is 0 Å². The van der Waals surface area contributed by atoms with Gasteiger partial charge >= 0.3 is 0 Å². The predicted molar refractivity (Wildman–Crippen MR) is 81.2 cm³/mol. The molecule has 1 nitrogen and oxygen atoms in total. The van der Waals surface area contributed by atoms with E-state index in [1.54, 1.807) is 0 Å². The molecule has 19 heavy (non-hydrogen) atoms. The van der Waals surface area contributed by atoms with Gasteiger partial charge in [0.05, 0.1) is 12.3 Å². The van der Waals surface area contributed by atoms with Gasteiger partial charge in [-0.15, -0.1) is 0 Å². The van der Waals surface area contributed by atoms with Crippen LogP contribution in [0.2, 0.25) is 0 Å². The summed E-state index contributed by atoms with van der Waals surface area (Å²) in [5.41, 5.74) is 0.766. The van der Waals surface area contributed by atoms with E-state index in [9.17, 15) is 0 Å². The van der Waals surface area contributed by atoms with Crippen molar-refractivity contribution in [1.29, 1.82) is 0 Å². The molecule has 0 bridgehead atoms. The van der Waals surface area contributed by atoms with Gasteiger partial charge < -0.3 is 4.98 Å². The molecule has 0 unspecified atom stereocenters. The molecule has 0 aliphatic rings. The lowest BCUT2D eigenvalue weighted by molar-refractivity contribution is 1.54. The van der Waals surface area contributed by atoms with Crippen molar-refractivity contribution in [3.63, 3.8) is 0 Å². The second-order valence-corrected chi connectivity index (χ2v) is 4.07. The molecule has 0 spiro atoms. The highest BCUT2D eigenvalue weighted by Crippen LogP contribution is 2.34. The number of aromatic amines is 1. The maximum absolute atomic E-state index is 8.29. The Morgan fingerprint density at radius 3 is 2.53 bits per heavy atom. The number of hydrogen-bond donors (Lipinski definition) is 1. The molecule has 0 amide bonds. The lowest BCUT2D eigenvalue weighted by Gasteiger charge is -2.04. The number of para-hydroxylation sites is 1. The Balaban J connectivity index is 2.29. The lowest BCUT2D eigenvalue weighted by atomic mass is 10.00. The minimum atomic E-state index is -0.505. The largest absolute Gasteiger partial charge is 0.354 e. The van der Waals surface area contributed by atoms with E-state index in [1.807, 2.05) is 0 Å². The van der Waals surface area contributed by atoms with Gasteiger partial charge in [-0.1, -0.05) is 60.5 Å². The number of benzene rings is 3. The molecule has 4 aromatic rings. The maximum atomic E-state index is 8.29. The Bertz CT molecular complexity index is 1280. The van der Waals surface area contributed by atoms with Crippen LogP contribution in [0.3, 0.4) is 0 Å². The SMILES string of the molecule is [2H]c1cc([2H])c2[nH]c3c([2H])ccc(-c4c([2H])c([2H])c([2H])c([2H])c4[2H])c3c2c1[2H]. The second kappa shape index (κ2) is 3.99. The summed E-state index contributed by atoms with van der Waals surface area (Å²) in [5, 5.41) is 0.525. The average molecular weight is 252 g/mol. The van der Waals surface area contributed by atoms with Crippen LogP contribution in [0.5, 0.6) is 0 Å². The van der Waals surface area contributed by atoms with E-state index in [0.29, 0.717) is 5.39 Å². The van der Waals surface area contributed by atoms with Gasteiger partial charge in [-0.3, -0.25) is 0 Å².